The van der Waals surface area contributed by atoms with Crippen LogP contribution in [0.4, 0.5) is 0 Å². The van der Waals surface area contributed by atoms with Gasteiger partial charge in [-0.25, -0.2) is 9.67 Å². The average molecular weight is 490 g/mol. The first-order chi connectivity index (χ1) is 16.7. The van der Waals surface area contributed by atoms with Crippen LogP contribution >= 0.6 is 0 Å². The first kappa shape index (κ1) is 25.8. The molecule has 0 amide bonds. The average Bonchev–Trinajstić information content (AvgIpc) is 3.30. The Hall–Kier alpha value is -2.24. The van der Waals surface area contributed by atoms with E-state index in [0.717, 1.165) is 30.0 Å². The van der Waals surface area contributed by atoms with E-state index >= 15 is 0 Å². The van der Waals surface area contributed by atoms with Crippen LogP contribution in [0.2, 0.25) is 25.7 Å². The zero-order chi connectivity index (χ0) is 24.9. The van der Waals surface area contributed by atoms with Gasteiger partial charge in [-0.2, -0.15) is 0 Å². The lowest BCUT2D eigenvalue weighted by Gasteiger charge is -2.34. The second-order valence-electron chi connectivity index (χ2n) is 12.4. The second-order valence-corrected chi connectivity index (χ2v) is 18.0. The first-order valence-corrected chi connectivity index (χ1v) is 17.0. The van der Waals surface area contributed by atoms with Crippen molar-refractivity contribution in [3.05, 3.63) is 60.4 Å². The van der Waals surface area contributed by atoms with Gasteiger partial charge in [-0.05, 0) is 78.7 Å². The second kappa shape index (κ2) is 11.2. The quantitative estimate of drug-likeness (QED) is 0.213. The number of nitrogens with zero attached hydrogens (tertiary/aromatic N) is 3. The van der Waals surface area contributed by atoms with Crippen molar-refractivity contribution in [1.29, 1.82) is 0 Å². The summed E-state index contributed by atoms with van der Waals surface area (Å²) < 4.78 is 7.60. The maximum atomic E-state index is 5.81. The van der Waals surface area contributed by atoms with E-state index < -0.39 is 8.07 Å². The van der Waals surface area contributed by atoms with Gasteiger partial charge in [-0.3, -0.25) is 0 Å². The SMILES string of the molecule is CC1(C)CCC(CCc2ccc(-c3cccc(-c4ncn(COCC[Si](C)(C)C)n4)c3)cc2)CC1. The van der Waals surface area contributed by atoms with Gasteiger partial charge >= 0.3 is 0 Å². The van der Waals surface area contributed by atoms with Gasteiger partial charge in [-0.1, -0.05) is 76.0 Å². The lowest BCUT2D eigenvalue weighted by Crippen LogP contribution is -2.22. The standard InChI is InChI=1S/C30H43N3OSi/c1-30(2)17-15-25(16-18-30)10-9-24-11-13-26(14-12-24)27-7-6-8-28(21-27)29-31-22-33(32-29)23-34-19-20-35(3,4)5/h6-8,11-14,21-22,25H,9-10,15-20,23H2,1-5H3. The van der Waals surface area contributed by atoms with Crippen molar-refractivity contribution in [3.8, 4) is 22.5 Å². The normalized spacial score (nSPS) is 16.5. The van der Waals surface area contributed by atoms with E-state index in [1.807, 2.05) is 0 Å². The highest BCUT2D eigenvalue weighted by atomic mass is 28.3. The van der Waals surface area contributed by atoms with E-state index in [2.05, 4.69) is 92.1 Å². The smallest absolute Gasteiger partial charge is 0.181 e. The number of ether oxygens (including phenoxy) is 1. The summed E-state index contributed by atoms with van der Waals surface area (Å²) in [5, 5.41) is 4.63. The predicted octanol–water partition coefficient (Wildman–Crippen LogP) is 8.07. The summed E-state index contributed by atoms with van der Waals surface area (Å²) in [5.41, 5.74) is 5.48. The van der Waals surface area contributed by atoms with Crippen LogP contribution in [0, 0.1) is 11.3 Å². The fraction of sp³-hybridized carbons (Fsp3) is 0.533. The first-order valence-electron chi connectivity index (χ1n) is 13.3. The molecule has 1 fully saturated rings. The van der Waals surface area contributed by atoms with E-state index in [4.69, 9.17) is 4.74 Å². The third kappa shape index (κ3) is 7.87. The topological polar surface area (TPSA) is 39.9 Å². The Morgan fingerprint density at radius 3 is 2.40 bits per heavy atom. The monoisotopic (exact) mass is 489 g/mol. The van der Waals surface area contributed by atoms with Crippen LogP contribution in [-0.4, -0.2) is 29.4 Å². The molecule has 1 aliphatic carbocycles. The number of hydrogen-bond donors (Lipinski definition) is 0. The van der Waals surface area contributed by atoms with E-state index in [9.17, 15) is 0 Å². The minimum absolute atomic E-state index is 0.456. The Bertz CT molecular complexity index is 1070. The van der Waals surface area contributed by atoms with Crippen LogP contribution in [0.3, 0.4) is 0 Å². The molecule has 188 valence electrons. The van der Waals surface area contributed by atoms with Crippen LogP contribution in [0.1, 0.15) is 51.5 Å². The van der Waals surface area contributed by atoms with Gasteiger partial charge in [0, 0.05) is 20.2 Å². The van der Waals surface area contributed by atoms with Crippen LogP contribution in [-0.2, 0) is 17.9 Å². The molecule has 0 radical (unpaired) electrons. The minimum Gasteiger partial charge on any atom is -0.359 e. The Morgan fingerprint density at radius 2 is 1.69 bits per heavy atom. The molecular formula is C30H43N3OSi. The van der Waals surface area contributed by atoms with E-state index in [0.29, 0.717) is 12.1 Å². The molecule has 5 heteroatoms. The molecule has 0 aliphatic heterocycles. The molecule has 0 N–H and O–H groups in total. The fourth-order valence-corrected chi connectivity index (χ4v) is 5.60. The van der Waals surface area contributed by atoms with E-state index in [1.54, 1.807) is 11.0 Å². The molecule has 2 aromatic carbocycles. The van der Waals surface area contributed by atoms with Crippen molar-refractivity contribution >= 4 is 8.07 Å². The summed E-state index contributed by atoms with van der Waals surface area (Å²) in [5.74, 6) is 1.64. The van der Waals surface area contributed by atoms with Gasteiger partial charge in [-0.15, -0.1) is 5.10 Å². The third-order valence-corrected chi connectivity index (χ3v) is 9.17. The molecule has 0 bridgehead atoms. The number of aromatic nitrogens is 3. The molecule has 1 aromatic heterocycles. The van der Waals surface area contributed by atoms with E-state index in [-0.39, 0.29) is 0 Å². The van der Waals surface area contributed by atoms with Crippen molar-refractivity contribution in [2.24, 2.45) is 11.3 Å². The fourth-order valence-electron chi connectivity index (χ4n) is 4.85. The maximum absolute atomic E-state index is 5.81. The van der Waals surface area contributed by atoms with Crippen LogP contribution in [0.5, 0.6) is 0 Å². The highest BCUT2D eigenvalue weighted by Crippen LogP contribution is 2.39. The number of benzene rings is 2. The summed E-state index contributed by atoms with van der Waals surface area (Å²) in [6, 6.07) is 18.8. The van der Waals surface area contributed by atoms with Crippen molar-refractivity contribution in [2.75, 3.05) is 6.61 Å². The lowest BCUT2D eigenvalue weighted by atomic mass is 9.72. The van der Waals surface area contributed by atoms with Gasteiger partial charge in [0.15, 0.2) is 5.82 Å². The molecule has 1 saturated carbocycles. The Morgan fingerprint density at radius 1 is 0.971 bits per heavy atom. The summed E-state index contributed by atoms with van der Waals surface area (Å²) in [4.78, 5) is 4.52. The Labute approximate surface area is 213 Å². The van der Waals surface area contributed by atoms with Crippen molar-refractivity contribution < 1.29 is 4.74 Å². The molecule has 1 heterocycles. The summed E-state index contributed by atoms with van der Waals surface area (Å²) in [6.07, 6.45) is 9.82. The largest absolute Gasteiger partial charge is 0.359 e. The van der Waals surface area contributed by atoms with Gasteiger partial charge in [0.05, 0.1) is 0 Å². The third-order valence-electron chi connectivity index (χ3n) is 7.46. The molecule has 0 spiro atoms. The summed E-state index contributed by atoms with van der Waals surface area (Å²) in [6.45, 7) is 13.2. The highest BCUT2D eigenvalue weighted by Gasteiger charge is 2.26. The maximum Gasteiger partial charge on any atom is 0.181 e. The lowest BCUT2D eigenvalue weighted by molar-refractivity contribution is 0.0785. The molecule has 4 nitrogen and oxygen atoms in total. The van der Waals surface area contributed by atoms with Gasteiger partial charge in [0.25, 0.3) is 0 Å². The van der Waals surface area contributed by atoms with Crippen molar-refractivity contribution in [2.45, 2.75) is 84.8 Å². The molecule has 1 aliphatic rings. The number of hydrogen-bond acceptors (Lipinski definition) is 3. The molecule has 0 saturated heterocycles. The van der Waals surface area contributed by atoms with E-state index in [1.165, 1.54) is 55.2 Å². The van der Waals surface area contributed by atoms with Crippen LogP contribution in [0.25, 0.3) is 22.5 Å². The summed E-state index contributed by atoms with van der Waals surface area (Å²) in [7, 11) is -1.07. The van der Waals surface area contributed by atoms with Crippen molar-refractivity contribution in [1.82, 2.24) is 14.8 Å². The predicted molar refractivity (Wildman–Crippen MR) is 149 cm³/mol. The van der Waals surface area contributed by atoms with Gasteiger partial charge in [0.1, 0.15) is 13.1 Å². The highest BCUT2D eigenvalue weighted by molar-refractivity contribution is 6.76. The number of aryl methyl sites for hydroxylation is 1. The molecule has 35 heavy (non-hydrogen) atoms. The zero-order valence-corrected chi connectivity index (χ0v) is 23.4. The molecule has 0 atom stereocenters. The minimum atomic E-state index is -1.07. The van der Waals surface area contributed by atoms with Gasteiger partial charge in [0.2, 0.25) is 0 Å². The van der Waals surface area contributed by atoms with Gasteiger partial charge < -0.3 is 4.74 Å². The molecular weight excluding hydrogens is 446 g/mol. The Balaban J connectivity index is 1.32. The van der Waals surface area contributed by atoms with Crippen LogP contribution < -0.4 is 0 Å². The van der Waals surface area contributed by atoms with Crippen molar-refractivity contribution in [3.63, 3.8) is 0 Å². The molecule has 3 aromatic rings. The summed E-state index contributed by atoms with van der Waals surface area (Å²) >= 11 is 0. The Kier molecular flexibility index (Phi) is 8.28. The molecule has 4 rings (SSSR count). The van der Waals surface area contributed by atoms with Crippen LogP contribution in [0.15, 0.2) is 54.9 Å². The number of rotatable bonds is 10. The molecule has 0 unspecified atom stereocenters. The zero-order valence-electron chi connectivity index (χ0n) is 22.4.